The molecule has 0 aliphatic heterocycles. The van der Waals surface area contributed by atoms with Crippen LogP contribution >= 0.6 is 0 Å². The van der Waals surface area contributed by atoms with Gasteiger partial charge >= 0.3 is 0 Å². The predicted octanol–water partition coefficient (Wildman–Crippen LogP) is 4.45. The molecule has 0 heterocycles. The summed E-state index contributed by atoms with van der Waals surface area (Å²) in [4.78, 5) is 0. The zero-order valence-electron chi connectivity index (χ0n) is 11.1. The van der Waals surface area contributed by atoms with Crippen molar-refractivity contribution in [3.63, 3.8) is 0 Å². The number of allylic oxidation sites excluding steroid dienone is 1. The van der Waals surface area contributed by atoms with Gasteiger partial charge in [0.15, 0.2) is 0 Å². The smallest absolute Gasteiger partial charge is 0.0602 e. The van der Waals surface area contributed by atoms with Gasteiger partial charge in [0.25, 0.3) is 0 Å². The van der Waals surface area contributed by atoms with Crippen molar-refractivity contribution in [2.75, 3.05) is 0 Å². The van der Waals surface area contributed by atoms with Crippen LogP contribution in [0.25, 0.3) is 0 Å². The van der Waals surface area contributed by atoms with Crippen molar-refractivity contribution < 1.29 is 5.11 Å². The second-order valence-electron chi connectivity index (χ2n) is 6.03. The van der Waals surface area contributed by atoms with E-state index in [1.165, 1.54) is 64.2 Å². The fourth-order valence-electron chi connectivity index (χ4n) is 3.45. The molecular formula is C16H28O. The quantitative estimate of drug-likeness (QED) is 0.715. The molecule has 0 aromatic rings. The van der Waals surface area contributed by atoms with Crippen LogP contribution < -0.4 is 0 Å². The molecule has 0 amide bonds. The molecule has 0 spiro atoms. The maximum atomic E-state index is 10.2. The maximum Gasteiger partial charge on any atom is 0.0602 e. The van der Waals surface area contributed by atoms with E-state index in [2.05, 4.69) is 12.2 Å². The first-order valence-corrected chi connectivity index (χ1v) is 7.71. The van der Waals surface area contributed by atoms with Gasteiger partial charge in [-0.1, -0.05) is 50.7 Å². The van der Waals surface area contributed by atoms with E-state index in [0.29, 0.717) is 5.92 Å². The number of hydrogen-bond acceptors (Lipinski definition) is 1. The third-order valence-electron chi connectivity index (χ3n) is 4.63. The molecule has 0 aromatic heterocycles. The van der Waals surface area contributed by atoms with Crippen LogP contribution in [0.1, 0.15) is 70.6 Å². The Morgan fingerprint density at radius 3 is 2.12 bits per heavy atom. The van der Waals surface area contributed by atoms with Crippen LogP contribution in [0.4, 0.5) is 0 Å². The molecular weight excluding hydrogens is 208 g/mol. The van der Waals surface area contributed by atoms with Crippen molar-refractivity contribution in [2.45, 2.75) is 76.7 Å². The highest BCUT2D eigenvalue weighted by molar-refractivity contribution is 4.92. The van der Waals surface area contributed by atoms with E-state index in [-0.39, 0.29) is 6.10 Å². The average Bonchev–Trinajstić information content (AvgIpc) is 2.41. The standard InChI is InChI=1S/C16H28O/c17-16(15-11-5-2-6-12-15)13-7-10-14-8-3-1-4-9-14/h7,10,14-17H,1-6,8-9,11-13H2/b10-7+. The fourth-order valence-corrected chi connectivity index (χ4v) is 3.45. The van der Waals surface area contributed by atoms with Gasteiger partial charge in [0.05, 0.1) is 6.10 Å². The van der Waals surface area contributed by atoms with Crippen molar-refractivity contribution in [3.05, 3.63) is 12.2 Å². The first-order chi connectivity index (χ1) is 8.36. The molecule has 1 N–H and O–H groups in total. The lowest BCUT2D eigenvalue weighted by Crippen LogP contribution is -2.22. The van der Waals surface area contributed by atoms with Gasteiger partial charge in [0.2, 0.25) is 0 Å². The highest BCUT2D eigenvalue weighted by atomic mass is 16.3. The summed E-state index contributed by atoms with van der Waals surface area (Å²) in [6.45, 7) is 0. The van der Waals surface area contributed by atoms with E-state index in [9.17, 15) is 5.11 Å². The molecule has 2 rings (SSSR count). The predicted molar refractivity (Wildman–Crippen MR) is 72.9 cm³/mol. The molecule has 0 saturated heterocycles. The highest BCUT2D eigenvalue weighted by Crippen LogP contribution is 2.28. The minimum absolute atomic E-state index is 0.0739. The normalized spacial score (nSPS) is 26.4. The van der Waals surface area contributed by atoms with Gasteiger partial charge in [0, 0.05) is 0 Å². The van der Waals surface area contributed by atoms with Crippen LogP contribution in [-0.2, 0) is 0 Å². The zero-order valence-corrected chi connectivity index (χ0v) is 11.1. The number of rotatable bonds is 4. The Hall–Kier alpha value is -0.300. The summed E-state index contributed by atoms with van der Waals surface area (Å²) >= 11 is 0. The van der Waals surface area contributed by atoms with E-state index >= 15 is 0 Å². The fraction of sp³-hybridized carbons (Fsp3) is 0.875. The Morgan fingerprint density at radius 1 is 0.882 bits per heavy atom. The van der Waals surface area contributed by atoms with E-state index < -0.39 is 0 Å². The van der Waals surface area contributed by atoms with Gasteiger partial charge in [-0.3, -0.25) is 0 Å². The minimum Gasteiger partial charge on any atom is -0.393 e. The topological polar surface area (TPSA) is 20.2 Å². The second-order valence-corrected chi connectivity index (χ2v) is 6.03. The van der Waals surface area contributed by atoms with Gasteiger partial charge in [-0.2, -0.15) is 0 Å². The van der Waals surface area contributed by atoms with Gasteiger partial charge in [-0.25, -0.2) is 0 Å². The van der Waals surface area contributed by atoms with Crippen LogP contribution in [0.2, 0.25) is 0 Å². The molecule has 0 radical (unpaired) electrons. The van der Waals surface area contributed by atoms with E-state index in [4.69, 9.17) is 0 Å². The van der Waals surface area contributed by atoms with E-state index in [1.807, 2.05) is 0 Å². The molecule has 98 valence electrons. The molecule has 2 fully saturated rings. The Balaban J connectivity index is 1.67. The molecule has 1 atom stereocenters. The lowest BCUT2D eigenvalue weighted by atomic mass is 9.83. The van der Waals surface area contributed by atoms with Crippen molar-refractivity contribution in [1.29, 1.82) is 0 Å². The van der Waals surface area contributed by atoms with Gasteiger partial charge in [0.1, 0.15) is 0 Å². The zero-order chi connectivity index (χ0) is 11.9. The highest BCUT2D eigenvalue weighted by Gasteiger charge is 2.20. The second kappa shape index (κ2) is 7.20. The maximum absolute atomic E-state index is 10.2. The van der Waals surface area contributed by atoms with Crippen molar-refractivity contribution in [2.24, 2.45) is 11.8 Å². The first-order valence-electron chi connectivity index (χ1n) is 7.71. The monoisotopic (exact) mass is 236 g/mol. The Morgan fingerprint density at radius 2 is 1.47 bits per heavy atom. The van der Waals surface area contributed by atoms with Crippen molar-refractivity contribution in [3.8, 4) is 0 Å². The van der Waals surface area contributed by atoms with E-state index in [0.717, 1.165) is 12.3 Å². The summed E-state index contributed by atoms with van der Waals surface area (Å²) in [5.74, 6) is 1.39. The van der Waals surface area contributed by atoms with Crippen LogP contribution in [0.3, 0.4) is 0 Å². The molecule has 0 bridgehead atoms. The molecule has 1 nitrogen and oxygen atoms in total. The summed E-state index contributed by atoms with van der Waals surface area (Å²) in [5.41, 5.74) is 0. The summed E-state index contributed by atoms with van der Waals surface area (Å²) < 4.78 is 0. The molecule has 2 aliphatic carbocycles. The Labute approximate surface area is 106 Å². The average molecular weight is 236 g/mol. The summed E-state index contributed by atoms with van der Waals surface area (Å²) in [7, 11) is 0. The SMILES string of the molecule is OC(C/C=C/C1CCCCC1)C1CCCCC1. The minimum atomic E-state index is -0.0739. The number of hydrogen-bond donors (Lipinski definition) is 1. The van der Waals surface area contributed by atoms with Gasteiger partial charge in [-0.15, -0.1) is 0 Å². The van der Waals surface area contributed by atoms with E-state index in [1.54, 1.807) is 0 Å². The Kier molecular flexibility index (Phi) is 5.57. The third kappa shape index (κ3) is 4.46. The number of aliphatic hydroxyl groups is 1. The molecule has 17 heavy (non-hydrogen) atoms. The van der Waals surface area contributed by atoms with Crippen LogP contribution in [0.5, 0.6) is 0 Å². The third-order valence-corrected chi connectivity index (χ3v) is 4.63. The number of aliphatic hydroxyl groups excluding tert-OH is 1. The largest absolute Gasteiger partial charge is 0.393 e. The summed E-state index contributed by atoms with van der Waals surface area (Å²) in [6.07, 6.45) is 19.0. The van der Waals surface area contributed by atoms with Crippen LogP contribution in [-0.4, -0.2) is 11.2 Å². The summed E-state index contributed by atoms with van der Waals surface area (Å²) in [5, 5.41) is 10.2. The molecule has 0 aromatic carbocycles. The summed E-state index contributed by atoms with van der Waals surface area (Å²) in [6, 6.07) is 0. The van der Waals surface area contributed by atoms with Gasteiger partial charge < -0.3 is 5.11 Å². The lowest BCUT2D eigenvalue weighted by molar-refractivity contribution is 0.0872. The Bertz CT molecular complexity index is 222. The molecule has 2 aliphatic rings. The van der Waals surface area contributed by atoms with Crippen molar-refractivity contribution in [1.82, 2.24) is 0 Å². The van der Waals surface area contributed by atoms with Crippen LogP contribution in [0.15, 0.2) is 12.2 Å². The first kappa shape index (κ1) is 13.1. The molecule has 2 saturated carbocycles. The van der Waals surface area contributed by atoms with Crippen molar-refractivity contribution >= 4 is 0 Å². The molecule has 1 heteroatoms. The molecule has 1 unspecified atom stereocenters. The van der Waals surface area contributed by atoms with Gasteiger partial charge in [-0.05, 0) is 43.9 Å². The lowest BCUT2D eigenvalue weighted by Gasteiger charge is -2.26. The van der Waals surface area contributed by atoms with Crippen LogP contribution in [0, 0.1) is 11.8 Å².